The summed E-state index contributed by atoms with van der Waals surface area (Å²) in [5.74, 6) is 0.899. The van der Waals surface area contributed by atoms with Crippen molar-refractivity contribution in [1.29, 1.82) is 0 Å². The van der Waals surface area contributed by atoms with E-state index in [1.54, 1.807) is 0 Å². The van der Waals surface area contributed by atoms with Crippen molar-refractivity contribution in [2.45, 2.75) is 6.04 Å². The van der Waals surface area contributed by atoms with Gasteiger partial charge in [0.15, 0.2) is 11.9 Å². The van der Waals surface area contributed by atoms with Gasteiger partial charge in [-0.05, 0) is 12.2 Å². The molecule has 56 valence electrons. The van der Waals surface area contributed by atoms with Crippen LogP contribution >= 0.6 is 12.2 Å². The maximum absolute atomic E-state index is 5.50. The molecule has 1 atom stereocenters. The largest absolute Gasteiger partial charge is 0.385 e. The highest BCUT2D eigenvalue weighted by molar-refractivity contribution is 7.80. The Kier molecular flexibility index (Phi) is 1.19. The minimum absolute atomic E-state index is 0.216. The van der Waals surface area contributed by atoms with Crippen LogP contribution in [0.1, 0.15) is 0 Å². The molecule has 0 bridgehead atoms. The third-order valence-electron chi connectivity index (χ3n) is 1.32. The van der Waals surface area contributed by atoms with E-state index in [0.29, 0.717) is 11.7 Å². The molecule has 0 aromatic rings. The van der Waals surface area contributed by atoms with Gasteiger partial charge in [0.25, 0.3) is 0 Å². The second-order valence-electron chi connectivity index (χ2n) is 2.05. The quantitative estimate of drug-likeness (QED) is 0.472. The monoisotopic (exact) mass is 168 g/mol. The van der Waals surface area contributed by atoms with E-state index in [2.05, 4.69) is 25.7 Å². The molecule has 2 heterocycles. The Morgan fingerprint density at radius 2 is 2.27 bits per heavy atom. The molecule has 0 saturated heterocycles. The van der Waals surface area contributed by atoms with Crippen LogP contribution in [0.2, 0.25) is 0 Å². The fraction of sp³-hybridized carbons (Fsp3) is 0.250. The Hall–Kier alpha value is -1.37. The number of amidine groups is 2. The van der Waals surface area contributed by atoms with Gasteiger partial charge in [-0.1, -0.05) is 5.22 Å². The van der Waals surface area contributed by atoms with E-state index >= 15 is 0 Å². The lowest BCUT2D eigenvalue weighted by Crippen LogP contribution is -2.39. The van der Waals surface area contributed by atoms with Crippen molar-refractivity contribution in [1.82, 2.24) is 5.43 Å². The summed E-state index contributed by atoms with van der Waals surface area (Å²) in [5, 5.41) is 7.49. The summed E-state index contributed by atoms with van der Waals surface area (Å²) < 4.78 is 0. The van der Waals surface area contributed by atoms with Gasteiger partial charge in [-0.25, -0.2) is 15.4 Å². The molecule has 2 rings (SSSR count). The fourth-order valence-electron chi connectivity index (χ4n) is 0.839. The highest BCUT2D eigenvalue weighted by Crippen LogP contribution is 2.07. The second-order valence-corrected chi connectivity index (χ2v) is 2.41. The number of fused-ring (bicyclic) bond motifs is 1. The van der Waals surface area contributed by atoms with Gasteiger partial charge in [-0.3, -0.25) is 0 Å². The third kappa shape index (κ3) is 0.891. The minimum atomic E-state index is -0.346. The van der Waals surface area contributed by atoms with Crippen molar-refractivity contribution < 1.29 is 0 Å². The first-order chi connectivity index (χ1) is 5.27. The standard InChI is InChI=1S/C4H4N6S/c5-2-1-3(9-10-8-1)7-4(11)6-2/h1H,(H3,5,6,7,8,9,11). The van der Waals surface area contributed by atoms with E-state index in [4.69, 9.17) is 18.0 Å². The van der Waals surface area contributed by atoms with E-state index in [0.717, 1.165) is 0 Å². The number of thiocarbonyl (C=S) groups is 1. The summed E-state index contributed by atoms with van der Waals surface area (Å²) in [4.78, 5) is 7.65. The van der Waals surface area contributed by atoms with E-state index in [1.165, 1.54) is 0 Å². The first-order valence-electron chi connectivity index (χ1n) is 2.90. The van der Waals surface area contributed by atoms with Gasteiger partial charge in [0, 0.05) is 0 Å². The molecule has 11 heavy (non-hydrogen) atoms. The maximum Gasteiger partial charge on any atom is 0.222 e. The zero-order chi connectivity index (χ0) is 7.84. The Balaban J connectivity index is 2.41. The molecule has 0 spiro atoms. The highest BCUT2D eigenvalue weighted by atomic mass is 32.1. The van der Waals surface area contributed by atoms with Crippen LogP contribution in [0.25, 0.3) is 0 Å². The molecule has 2 aliphatic heterocycles. The predicted octanol–water partition coefficient (Wildman–Crippen LogP) is -0.620. The molecule has 2 aliphatic rings. The van der Waals surface area contributed by atoms with Gasteiger partial charge in [0.1, 0.15) is 5.84 Å². The number of nitrogens with zero attached hydrogens (tertiary/aromatic N) is 4. The van der Waals surface area contributed by atoms with Gasteiger partial charge in [0.05, 0.1) is 0 Å². The number of rotatable bonds is 0. The summed E-state index contributed by atoms with van der Waals surface area (Å²) in [5.41, 5.74) is 8.08. The SMILES string of the molecule is NC1=NC(=S)N=C2NN=NC12. The molecule has 3 N–H and O–H groups in total. The Bertz CT molecular complexity index is 302. The topological polar surface area (TPSA) is 87.5 Å². The molecule has 0 radical (unpaired) electrons. The minimum Gasteiger partial charge on any atom is -0.385 e. The first-order valence-corrected chi connectivity index (χ1v) is 3.30. The second kappa shape index (κ2) is 2.06. The summed E-state index contributed by atoms with van der Waals surface area (Å²) >= 11 is 4.73. The zero-order valence-corrected chi connectivity index (χ0v) is 6.17. The molecule has 0 aromatic carbocycles. The van der Waals surface area contributed by atoms with Crippen LogP contribution in [-0.2, 0) is 0 Å². The molecule has 1 unspecified atom stereocenters. The van der Waals surface area contributed by atoms with Gasteiger partial charge in [-0.2, -0.15) is 5.11 Å². The van der Waals surface area contributed by atoms with Gasteiger partial charge >= 0.3 is 0 Å². The lowest BCUT2D eigenvalue weighted by molar-refractivity contribution is 0.951. The van der Waals surface area contributed by atoms with Crippen molar-refractivity contribution in [2.24, 2.45) is 26.1 Å². The van der Waals surface area contributed by atoms with Gasteiger partial charge in [-0.15, -0.1) is 0 Å². The summed E-state index contributed by atoms with van der Waals surface area (Å²) in [6.07, 6.45) is 0. The van der Waals surface area contributed by atoms with Crippen molar-refractivity contribution in [3.8, 4) is 0 Å². The van der Waals surface area contributed by atoms with Crippen LogP contribution in [0.3, 0.4) is 0 Å². The number of nitrogens with two attached hydrogens (primary N) is 1. The molecule has 0 fully saturated rings. The van der Waals surface area contributed by atoms with Crippen molar-refractivity contribution in [3.63, 3.8) is 0 Å². The highest BCUT2D eigenvalue weighted by Gasteiger charge is 2.28. The van der Waals surface area contributed by atoms with Crippen LogP contribution < -0.4 is 11.2 Å². The van der Waals surface area contributed by atoms with Crippen LogP contribution in [0, 0.1) is 0 Å². The maximum atomic E-state index is 5.50. The summed E-state index contributed by atoms with van der Waals surface area (Å²) in [7, 11) is 0. The lowest BCUT2D eigenvalue weighted by Gasteiger charge is -2.09. The van der Waals surface area contributed by atoms with Crippen LogP contribution in [0.5, 0.6) is 0 Å². The third-order valence-corrected chi connectivity index (χ3v) is 1.50. The van der Waals surface area contributed by atoms with Crippen molar-refractivity contribution >= 4 is 29.0 Å². The molecule has 7 heteroatoms. The van der Waals surface area contributed by atoms with Crippen LogP contribution in [-0.4, -0.2) is 22.8 Å². The molecular weight excluding hydrogens is 164 g/mol. The van der Waals surface area contributed by atoms with Gasteiger partial charge in [0.2, 0.25) is 5.11 Å². The molecule has 0 amide bonds. The van der Waals surface area contributed by atoms with Crippen LogP contribution in [0.15, 0.2) is 20.3 Å². The molecule has 0 saturated carbocycles. The predicted molar refractivity (Wildman–Crippen MR) is 43.4 cm³/mol. The number of aliphatic imine (C=N–C) groups is 2. The lowest BCUT2D eigenvalue weighted by atomic mass is 10.2. The first kappa shape index (κ1) is 6.35. The normalized spacial score (nSPS) is 27.3. The molecule has 0 aromatic heterocycles. The molecular formula is C4H4N6S. The van der Waals surface area contributed by atoms with E-state index in [-0.39, 0.29) is 11.2 Å². The number of nitrogens with one attached hydrogen (secondary N) is 1. The Morgan fingerprint density at radius 1 is 1.45 bits per heavy atom. The summed E-state index contributed by atoms with van der Waals surface area (Å²) in [6.45, 7) is 0. The number of hydrogen-bond acceptors (Lipinski definition) is 5. The average molecular weight is 168 g/mol. The average Bonchev–Trinajstić information content (AvgIpc) is 2.34. The van der Waals surface area contributed by atoms with E-state index in [1.807, 2.05) is 0 Å². The van der Waals surface area contributed by atoms with Crippen molar-refractivity contribution in [2.75, 3.05) is 0 Å². The van der Waals surface area contributed by atoms with Crippen LogP contribution in [0.4, 0.5) is 0 Å². The van der Waals surface area contributed by atoms with E-state index in [9.17, 15) is 0 Å². The zero-order valence-electron chi connectivity index (χ0n) is 5.35. The smallest absolute Gasteiger partial charge is 0.222 e. The Labute approximate surface area is 67.3 Å². The number of hydrogen-bond donors (Lipinski definition) is 2. The summed E-state index contributed by atoms with van der Waals surface area (Å²) in [6, 6.07) is -0.346. The van der Waals surface area contributed by atoms with Crippen molar-refractivity contribution in [3.05, 3.63) is 0 Å². The molecule has 0 aliphatic carbocycles. The van der Waals surface area contributed by atoms with E-state index < -0.39 is 0 Å². The molecule has 6 nitrogen and oxygen atoms in total. The Morgan fingerprint density at radius 3 is 3.09 bits per heavy atom. The van der Waals surface area contributed by atoms with Gasteiger partial charge < -0.3 is 5.73 Å². The fourth-order valence-corrected chi connectivity index (χ4v) is 1.04.